The lowest BCUT2D eigenvalue weighted by atomic mass is 10.2. The van der Waals surface area contributed by atoms with E-state index in [4.69, 9.17) is 4.74 Å². The topological polar surface area (TPSA) is 69.2 Å². The quantitative estimate of drug-likeness (QED) is 0.503. The predicted octanol–water partition coefficient (Wildman–Crippen LogP) is 1.30. The van der Waals surface area contributed by atoms with Crippen molar-refractivity contribution in [1.29, 1.82) is 0 Å². The molecule has 27 heavy (non-hydrogen) atoms. The van der Waals surface area contributed by atoms with Gasteiger partial charge in [0.2, 0.25) is 5.91 Å². The van der Waals surface area contributed by atoms with Crippen LogP contribution in [0, 0.1) is 0 Å². The average Bonchev–Trinajstić information content (AvgIpc) is 3.19. The minimum Gasteiger partial charge on any atom is -0.492 e. The SMILES string of the molecule is CCNC(=NCc1cccc(OCCN(C)C)c1)NCC(=O)N1CCCC1. The van der Waals surface area contributed by atoms with E-state index in [1.807, 2.05) is 50.2 Å². The monoisotopic (exact) mass is 375 g/mol. The maximum absolute atomic E-state index is 12.2. The largest absolute Gasteiger partial charge is 0.492 e. The average molecular weight is 376 g/mol. The molecule has 1 aromatic carbocycles. The van der Waals surface area contributed by atoms with Gasteiger partial charge in [-0.25, -0.2) is 4.99 Å². The van der Waals surface area contributed by atoms with Gasteiger partial charge in [0.05, 0.1) is 13.1 Å². The Morgan fingerprint density at radius 1 is 1.26 bits per heavy atom. The zero-order valence-corrected chi connectivity index (χ0v) is 16.8. The van der Waals surface area contributed by atoms with Gasteiger partial charge in [-0.1, -0.05) is 12.1 Å². The lowest BCUT2D eigenvalue weighted by Gasteiger charge is -2.17. The van der Waals surface area contributed by atoms with Crippen LogP contribution in [0.5, 0.6) is 5.75 Å². The fourth-order valence-electron chi connectivity index (χ4n) is 2.83. The van der Waals surface area contributed by atoms with Crippen molar-refractivity contribution in [2.45, 2.75) is 26.3 Å². The number of hydrogen-bond acceptors (Lipinski definition) is 4. The zero-order valence-electron chi connectivity index (χ0n) is 16.8. The van der Waals surface area contributed by atoms with E-state index in [0.29, 0.717) is 19.1 Å². The van der Waals surface area contributed by atoms with Crippen LogP contribution in [0.4, 0.5) is 0 Å². The number of aliphatic imine (C=N–C) groups is 1. The van der Waals surface area contributed by atoms with Crippen LogP contribution in [-0.4, -0.2) is 75.1 Å². The summed E-state index contributed by atoms with van der Waals surface area (Å²) in [6, 6.07) is 7.98. The Morgan fingerprint density at radius 3 is 2.74 bits per heavy atom. The Bertz CT molecular complexity index is 612. The molecule has 2 rings (SSSR count). The molecule has 1 aliphatic rings. The summed E-state index contributed by atoms with van der Waals surface area (Å²) in [5.41, 5.74) is 1.07. The van der Waals surface area contributed by atoms with Crippen molar-refractivity contribution in [3.05, 3.63) is 29.8 Å². The molecule has 1 aromatic rings. The third-order valence-corrected chi connectivity index (χ3v) is 4.34. The number of benzene rings is 1. The van der Waals surface area contributed by atoms with Gasteiger partial charge in [0.25, 0.3) is 0 Å². The number of nitrogens with zero attached hydrogens (tertiary/aromatic N) is 3. The number of carbonyl (C=O) groups excluding carboxylic acids is 1. The van der Waals surface area contributed by atoms with Crippen molar-refractivity contribution < 1.29 is 9.53 Å². The van der Waals surface area contributed by atoms with Gasteiger partial charge < -0.3 is 25.2 Å². The summed E-state index contributed by atoms with van der Waals surface area (Å²) in [4.78, 5) is 20.8. The Hall–Kier alpha value is -2.28. The smallest absolute Gasteiger partial charge is 0.241 e. The van der Waals surface area contributed by atoms with Crippen molar-refractivity contribution in [3.63, 3.8) is 0 Å². The van der Waals surface area contributed by atoms with Crippen molar-refractivity contribution >= 4 is 11.9 Å². The molecule has 1 heterocycles. The summed E-state index contributed by atoms with van der Waals surface area (Å²) < 4.78 is 5.78. The minimum absolute atomic E-state index is 0.134. The molecule has 0 unspecified atom stereocenters. The second-order valence-electron chi connectivity index (χ2n) is 6.94. The molecule has 1 fully saturated rings. The number of rotatable bonds is 9. The van der Waals surface area contributed by atoms with E-state index < -0.39 is 0 Å². The Labute approximate surface area is 162 Å². The van der Waals surface area contributed by atoms with Crippen LogP contribution in [0.2, 0.25) is 0 Å². The van der Waals surface area contributed by atoms with Gasteiger partial charge in [0.1, 0.15) is 12.4 Å². The van der Waals surface area contributed by atoms with Gasteiger partial charge in [0, 0.05) is 26.2 Å². The molecule has 0 aliphatic carbocycles. The lowest BCUT2D eigenvalue weighted by Crippen LogP contribution is -2.44. The highest BCUT2D eigenvalue weighted by atomic mass is 16.5. The minimum atomic E-state index is 0.134. The molecule has 150 valence electrons. The summed E-state index contributed by atoms with van der Waals surface area (Å²) in [7, 11) is 4.05. The molecular formula is C20H33N5O2. The molecule has 0 saturated carbocycles. The van der Waals surface area contributed by atoms with E-state index in [2.05, 4.69) is 20.5 Å². The molecule has 1 saturated heterocycles. The van der Waals surface area contributed by atoms with E-state index >= 15 is 0 Å². The van der Waals surface area contributed by atoms with Crippen LogP contribution < -0.4 is 15.4 Å². The predicted molar refractivity (Wildman–Crippen MR) is 109 cm³/mol. The number of carbonyl (C=O) groups is 1. The van der Waals surface area contributed by atoms with Crippen LogP contribution in [0.3, 0.4) is 0 Å². The molecule has 0 bridgehead atoms. The van der Waals surface area contributed by atoms with Gasteiger partial charge in [-0.2, -0.15) is 0 Å². The lowest BCUT2D eigenvalue weighted by molar-refractivity contribution is -0.128. The molecule has 0 aromatic heterocycles. The second-order valence-corrected chi connectivity index (χ2v) is 6.94. The van der Waals surface area contributed by atoms with E-state index in [1.165, 1.54) is 0 Å². The number of nitrogens with one attached hydrogen (secondary N) is 2. The van der Waals surface area contributed by atoms with Crippen LogP contribution >= 0.6 is 0 Å². The van der Waals surface area contributed by atoms with Crippen LogP contribution in [0.1, 0.15) is 25.3 Å². The second kappa shape index (κ2) is 11.4. The third kappa shape index (κ3) is 7.86. The van der Waals surface area contributed by atoms with Crippen molar-refractivity contribution in [2.24, 2.45) is 4.99 Å². The van der Waals surface area contributed by atoms with E-state index in [1.54, 1.807) is 0 Å². The highest BCUT2D eigenvalue weighted by Gasteiger charge is 2.17. The number of likely N-dealkylation sites (N-methyl/N-ethyl adjacent to an activating group) is 1. The highest BCUT2D eigenvalue weighted by Crippen LogP contribution is 2.14. The molecule has 0 spiro atoms. The van der Waals surface area contributed by atoms with E-state index in [0.717, 1.165) is 50.3 Å². The molecule has 1 aliphatic heterocycles. The number of guanidine groups is 1. The van der Waals surface area contributed by atoms with Crippen molar-refractivity contribution in [1.82, 2.24) is 20.4 Å². The third-order valence-electron chi connectivity index (χ3n) is 4.34. The molecule has 7 nitrogen and oxygen atoms in total. The highest BCUT2D eigenvalue weighted by molar-refractivity contribution is 5.86. The number of amides is 1. The summed E-state index contributed by atoms with van der Waals surface area (Å²) in [6.07, 6.45) is 2.21. The standard InChI is InChI=1S/C20H33N5O2/c1-4-21-20(23-16-19(26)25-10-5-6-11-25)22-15-17-8-7-9-18(14-17)27-13-12-24(2)3/h7-9,14H,4-6,10-13,15-16H2,1-3H3,(H2,21,22,23). The summed E-state index contributed by atoms with van der Waals surface area (Å²) >= 11 is 0. The number of likely N-dealkylation sites (tertiary alicyclic amines) is 1. The Morgan fingerprint density at radius 2 is 2.04 bits per heavy atom. The first-order valence-electron chi connectivity index (χ1n) is 9.75. The maximum atomic E-state index is 12.2. The summed E-state index contributed by atoms with van der Waals surface area (Å²) in [5, 5.41) is 6.33. The molecule has 1 amide bonds. The molecule has 7 heteroatoms. The molecule has 0 radical (unpaired) electrons. The van der Waals surface area contributed by atoms with Crippen LogP contribution in [0.15, 0.2) is 29.3 Å². The number of hydrogen-bond donors (Lipinski definition) is 2. The zero-order chi connectivity index (χ0) is 19.5. The first kappa shape index (κ1) is 21.0. The van der Waals surface area contributed by atoms with Gasteiger partial charge >= 0.3 is 0 Å². The fourth-order valence-corrected chi connectivity index (χ4v) is 2.83. The summed E-state index contributed by atoms with van der Waals surface area (Å²) in [5.74, 6) is 1.64. The maximum Gasteiger partial charge on any atom is 0.241 e. The Kier molecular flexibility index (Phi) is 8.91. The van der Waals surface area contributed by atoms with Crippen LogP contribution in [0.25, 0.3) is 0 Å². The molecule has 0 atom stereocenters. The van der Waals surface area contributed by atoms with E-state index in [-0.39, 0.29) is 12.5 Å². The van der Waals surface area contributed by atoms with E-state index in [9.17, 15) is 4.79 Å². The van der Waals surface area contributed by atoms with Crippen molar-refractivity contribution in [2.75, 3.05) is 53.4 Å². The van der Waals surface area contributed by atoms with Gasteiger partial charge in [-0.3, -0.25) is 4.79 Å². The first-order valence-corrected chi connectivity index (χ1v) is 9.75. The fraction of sp³-hybridized carbons (Fsp3) is 0.600. The summed E-state index contributed by atoms with van der Waals surface area (Å²) in [6.45, 7) is 6.84. The first-order chi connectivity index (χ1) is 13.1. The van der Waals surface area contributed by atoms with Gasteiger partial charge in [-0.05, 0) is 51.6 Å². The van der Waals surface area contributed by atoms with Crippen molar-refractivity contribution in [3.8, 4) is 5.75 Å². The van der Waals surface area contributed by atoms with Crippen LogP contribution in [-0.2, 0) is 11.3 Å². The molecule has 2 N–H and O–H groups in total. The normalized spacial score (nSPS) is 14.5. The Balaban J connectivity index is 1.86. The number of ether oxygens (including phenoxy) is 1. The van der Waals surface area contributed by atoms with Gasteiger partial charge in [0.15, 0.2) is 5.96 Å². The molecular weight excluding hydrogens is 342 g/mol. The van der Waals surface area contributed by atoms with Gasteiger partial charge in [-0.15, -0.1) is 0 Å².